The zero-order valence-corrected chi connectivity index (χ0v) is 48.4. The van der Waals surface area contributed by atoms with E-state index in [0.29, 0.717) is 25.9 Å². The standard InChI is InChI=1S/C66H125NO5/c1-3-5-7-9-11-13-39-44-48-52-56-60-66(71)72-61-57-53-49-45-41-38-36-34-32-30-28-26-24-22-20-18-16-14-15-17-19-21-23-25-27-29-31-33-35-37-40-43-47-51-55-59-65(70)67-63(62-68)64(69)58-54-50-46-42-12-10-8-6-4-2/h9,11,16,18,22,24,63-64,68-69H,3-8,10,12-15,17,19-21,23,25-62H2,1-2H3,(H,67,70)/b11-9-,18-16-,24-22-. The molecule has 0 aliphatic heterocycles. The summed E-state index contributed by atoms with van der Waals surface area (Å²) in [4.78, 5) is 24.4. The van der Waals surface area contributed by atoms with E-state index in [0.717, 1.165) is 51.4 Å². The molecule has 3 N–H and O–H groups in total. The first kappa shape index (κ1) is 70.1. The van der Waals surface area contributed by atoms with E-state index in [-0.39, 0.29) is 18.5 Å². The van der Waals surface area contributed by atoms with Gasteiger partial charge in [-0.1, -0.05) is 294 Å². The van der Waals surface area contributed by atoms with Gasteiger partial charge in [-0.05, 0) is 77.0 Å². The summed E-state index contributed by atoms with van der Waals surface area (Å²) in [5.74, 6) is -0.0286. The molecular formula is C66H125NO5. The van der Waals surface area contributed by atoms with Crippen LogP contribution >= 0.6 is 0 Å². The lowest BCUT2D eigenvalue weighted by Gasteiger charge is -2.22. The fourth-order valence-corrected chi connectivity index (χ4v) is 9.95. The van der Waals surface area contributed by atoms with Gasteiger partial charge in [0.25, 0.3) is 0 Å². The van der Waals surface area contributed by atoms with Gasteiger partial charge < -0.3 is 20.3 Å². The summed E-state index contributed by atoms with van der Waals surface area (Å²) in [5.41, 5.74) is 0. The molecular weight excluding hydrogens is 887 g/mol. The fourth-order valence-electron chi connectivity index (χ4n) is 9.95. The van der Waals surface area contributed by atoms with Gasteiger partial charge in [0, 0.05) is 12.8 Å². The van der Waals surface area contributed by atoms with Crippen LogP contribution in [0.1, 0.15) is 348 Å². The van der Waals surface area contributed by atoms with E-state index >= 15 is 0 Å². The summed E-state index contributed by atoms with van der Waals surface area (Å²) in [6, 6.07) is -0.537. The number of hydrogen-bond donors (Lipinski definition) is 3. The molecule has 0 spiro atoms. The third-order valence-corrected chi connectivity index (χ3v) is 14.9. The van der Waals surface area contributed by atoms with Gasteiger partial charge in [-0.15, -0.1) is 0 Å². The maximum absolute atomic E-state index is 12.4. The monoisotopic (exact) mass is 1010 g/mol. The molecule has 0 saturated heterocycles. The normalized spacial score (nSPS) is 12.8. The molecule has 1 amide bonds. The average Bonchev–Trinajstić information content (AvgIpc) is 3.38. The van der Waals surface area contributed by atoms with E-state index in [9.17, 15) is 19.8 Å². The lowest BCUT2D eigenvalue weighted by atomic mass is 10.0. The molecule has 72 heavy (non-hydrogen) atoms. The number of hydrogen-bond acceptors (Lipinski definition) is 5. The summed E-state index contributed by atoms with van der Waals surface area (Å²) < 4.78 is 5.46. The minimum absolute atomic E-state index is 0.00548. The Kier molecular flexibility index (Phi) is 60.0. The van der Waals surface area contributed by atoms with E-state index in [1.165, 1.54) is 263 Å². The predicted octanol–water partition coefficient (Wildman–Crippen LogP) is 20.4. The lowest BCUT2D eigenvalue weighted by Crippen LogP contribution is -2.45. The quantitative estimate of drug-likeness (QED) is 0.0320. The van der Waals surface area contributed by atoms with E-state index in [1.807, 2.05) is 0 Å². The third kappa shape index (κ3) is 57.4. The van der Waals surface area contributed by atoms with Gasteiger partial charge in [-0.3, -0.25) is 9.59 Å². The molecule has 0 aromatic rings. The Morgan fingerprint density at radius 3 is 1.11 bits per heavy atom. The number of nitrogens with one attached hydrogen (secondary N) is 1. The van der Waals surface area contributed by atoms with Crippen molar-refractivity contribution in [3.63, 3.8) is 0 Å². The molecule has 0 bridgehead atoms. The van der Waals surface area contributed by atoms with Crippen LogP contribution in [0.4, 0.5) is 0 Å². The summed E-state index contributed by atoms with van der Waals surface area (Å²) in [5, 5.41) is 23.1. The highest BCUT2D eigenvalue weighted by atomic mass is 16.5. The topological polar surface area (TPSA) is 95.9 Å². The van der Waals surface area contributed by atoms with Crippen LogP contribution in [0, 0.1) is 0 Å². The Morgan fingerprint density at radius 1 is 0.389 bits per heavy atom. The van der Waals surface area contributed by atoms with Crippen molar-refractivity contribution < 1.29 is 24.5 Å². The molecule has 6 nitrogen and oxygen atoms in total. The van der Waals surface area contributed by atoms with E-state index in [2.05, 4.69) is 55.6 Å². The maximum atomic E-state index is 12.4. The number of aliphatic hydroxyl groups is 2. The Bertz CT molecular complexity index is 1170. The summed E-state index contributed by atoms with van der Waals surface area (Å²) in [6.07, 6.45) is 77.7. The van der Waals surface area contributed by atoms with Gasteiger partial charge in [-0.25, -0.2) is 0 Å². The first-order valence-electron chi connectivity index (χ1n) is 32.2. The van der Waals surface area contributed by atoms with Crippen molar-refractivity contribution in [2.45, 2.75) is 360 Å². The second-order valence-electron chi connectivity index (χ2n) is 22.1. The zero-order valence-electron chi connectivity index (χ0n) is 48.4. The average molecular weight is 1010 g/mol. The van der Waals surface area contributed by atoms with Gasteiger partial charge in [0.1, 0.15) is 0 Å². The van der Waals surface area contributed by atoms with E-state index < -0.39 is 12.1 Å². The first-order valence-corrected chi connectivity index (χ1v) is 32.2. The van der Waals surface area contributed by atoms with E-state index in [4.69, 9.17) is 4.74 Å². The number of carbonyl (C=O) groups is 2. The third-order valence-electron chi connectivity index (χ3n) is 14.9. The van der Waals surface area contributed by atoms with Crippen LogP contribution in [-0.4, -0.2) is 47.4 Å². The number of ether oxygens (including phenoxy) is 1. The minimum Gasteiger partial charge on any atom is -0.466 e. The molecule has 0 radical (unpaired) electrons. The van der Waals surface area contributed by atoms with Crippen LogP contribution in [0.5, 0.6) is 0 Å². The van der Waals surface area contributed by atoms with Crippen molar-refractivity contribution in [2.24, 2.45) is 0 Å². The number of esters is 1. The molecule has 424 valence electrons. The Balaban J connectivity index is 3.35. The molecule has 2 atom stereocenters. The SMILES string of the molecule is CCCC/C=C\CCCCCCCC(=O)OCCCCCCCCCCCCC/C=C\C/C=C\CCCCCCCCCCCCCCCCCCCC(=O)NC(CO)C(O)CCCCCCCCCCC. The Labute approximate surface area is 449 Å². The van der Waals surface area contributed by atoms with Crippen LogP contribution in [0.15, 0.2) is 36.5 Å². The highest BCUT2D eigenvalue weighted by molar-refractivity contribution is 5.76. The number of aliphatic hydroxyl groups excluding tert-OH is 2. The molecule has 0 rings (SSSR count). The summed E-state index contributed by atoms with van der Waals surface area (Å²) in [6.45, 7) is 4.90. The van der Waals surface area contributed by atoms with Crippen LogP contribution in [-0.2, 0) is 14.3 Å². The van der Waals surface area contributed by atoms with Crippen molar-refractivity contribution in [3.8, 4) is 0 Å². The number of rotatable bonds is 60. The van der Waals surface area contributed by atoms with Gasteiger partial charge in [0.15, 0.2) is 0 Å². The molecule has 0 saturated carbocycles. The largest absolute Gasteiger partial charge is 0.466 e. The lowest BCUT2D eigenvalue weighted by molar-refractivity contribution is -0.143. The van der Waals surface area contributed by atoms with Crippen molar-refractivity contribution in [1.82, 2.24) is 5.32 Å². The number of allylic oxidation sites excluding steroid dienone is 6. The number of amides is 1. The molecule has 0 aromatic heterocycles. The molecule has 0 fully saturated rings. The molecule has 0 aliphatic carbocycles. The number of unbranched alkanes of at least 4 members (excludes halogenated alkanes) is 43. The highest BCUT2D eigenvalue weighted by Crippen LogP contribution is 2.18. The van der Waals surface area contributed by atoms with Gasteiger partial charge in [-0.2, -0.15) is 0 Å². The van der Waals surface area contributed by atoms with Crippen molar-refractivity contribution in [2.75, 3.05) is 13.2 Å². The second-order valence-corrected chi connectivity index (χ2v) is 22.1. The first-order chi connectivity index (χ1) is 35.5. The van der Waals surface area contributed by atoms with Crippen LogP contribution < -0.4 is 5.32 Å². The van der Waals surface area contributed by atoms with Crippen LogP contribution in [0.2, 0.25) is 0 Å². The molecule has 0 aromatic carbocycles. The minimum atomic E-state index is -0.660. The second kappa shape index (κ2) is 61.6. The molecule has 0 heterocycles. The Hall–Kier alpha value is -1.92. The zero-order chi connectivity index (χ0) is 52.2. The van der Waals surface area contributed by atoms with Gasteiger partial charge >= 0.3 is 5.97 Å². The molecule has 0 aliphatic rings. The van der Waals surface area contributed by atoms with E-state index in [1.54, 1.807) is 0 Å². The molecule has 6 heteroatoms. The Morgan fingerprint density at radius 2 is 0.708 bits per heavy atom. The van der Waals surface area contributed by atoms with Crippen LogP contribution in [0.3, 0.4) is 0 Å². The maximum Gasteiger partial charge on any atom is 0.305 e. The van der Waals surface area contributed by atoms with Crippen molar-refractivity contribution in [3.05, 3.63) is 36.5 Å². The smallest absolute Gasteiger partial charge is 0.305 e. The highest BCUT2D eigenvalue weighted by Gasteiger charge is 2.20. The molecule has 2 unspecified atom stereocenters. The fraction of sp³-hybridized carbons (Fsp3) is 0.879. The van der Waals surface area contributed by atoms with Gasteiger partial charge in [0.2, 0.25) is 5.91 Å². The van der Waals surface area contributed by atoms with Crippen molar-refractivity contribution >= 4 is 11.9 Å². The van der Waals surface area contributed by atoms with Crippen LogP contribution in [0.25, 0.3) is 0 Å². The number of carbonyl (C=O) groups excluding carboxylic acids is 2. The summed E-state index contributed by atoms with van der Waals surface area (Å²) >= 11 is 0. The van der Waals surface area contributed by atoms with Gasteiger partial charge in [0.05, 0.1) is 25.4 Å². The van der Waals surface area contributed by atoms with Crippen molar-refractivity contribution in [1.29, 1.82) is 0 Å². The predicted molar refractivity (Wildman–Crippen MR) is 315 cm³/mol. The summed E-state index contributed by atoms with van der Waals surface area (Å²) in [7, 11) is 0.